The summed E-state index contributed by atoms with van der Waals surface area (Å²) in [4.78, 5) is 4.41. The molecule has 0 aliphatic carbocycles. The van der Waals surface area contributed by atoms with Crippen LogP contribution in [0.2, 0.25) is 0 Å². The van der Waals surface area contributed by atoms with Gasteiger partial charge in [-0.15, -0.1) is 10.2 Å². The highest BCUT2D eigenvalue weighted by atomic mass is 16.5. The van der Waals surface area contributed by atoms with Gasteiger partial charge in [-0.3, -0.25) is 0 Å². The number of rotatable bonds is 7. The lowest BCUT2D eigenvalue weighted by Crippen LogP contribution is -2.35. The van der Waals surface area contributed by atoms with Gasteiger partial charge in [0.2, 0.25) is 23.5 Å². The van der Waals surface area contributed by atoms with E-state index in [1.807, 2.05) is 67.6 Å². The first-order chi connectivity index (χ1) is 13.6. The fraction of sp³-hybridized carbons (Fsp3) is 0.238. The van der Waals surface area contributed by atoms with Gasteiger partial charge < -0.3 is 14.7 Å². The molecule has 0 bridgehead atoms. The SMILES string of the molecule is C[C@@](N)(Cc1ccccc1)c1nnc(CCc2nc(-c3ccccc3)no2)o1. The fourth-order valence-corrected chi connectivity index (χ4v) is 2.96. The lowest BCUT2D eigenvalue weighted by atomic mass is 9.94. The highest BCUT2D eigenvalue weighted by molar-refractivity contribution is 5.53. The van der Waals surface area contributed by atoms with E-state index >= 15 is 0 Å². The van der Waals surface area contributed by atoms with Crippen LogP contribution in [0.25, 0.3) is 11.4 Å². The van der Waals surface area contributed by atoms with Crippen molar-refractivity contribution in [2.24, 2.45) is 5.73 Å². The Morgan fingerprint density at radius 2 is 1.57 bits per heavy atom. The summed E-state index contributed by atoms with van der Waals surface area (Å²) in [6.07, 6.45) is 1.63. The van der Waals surface area contributed by atoms with Crippen molar-refractivity contribution in [2.75, 3.05) is 0 Å². The molecule has 1 atom stereocenters. The third kappa shape index (κ3) is 4.15. The molecule has 4 rings (SSSR count). The maximum atomic E-state index is 6.42. The summed E-state index contributed by atoms with van der Waals surface area (Å²) in [7, 11) is 0. The molecule has 2 aromatic heterocycles. The van der Waals surface area contributed by atoms with Gasteiger partial charge in [0, 0.05) is 18.4 Å². The first-order valence-corrected chi connectivity index (χ1v) is 9.14. The Labute approximate surface area is 162 Å². The van der Waals surface area contributed by atoms with Crippen molar-refractivity contribution in [3.63, 3.8) is 0 Å². The Bertz CT molecular complexity index is 1030. The van der Waals surface area contributed by atoms with Crippen LogP contribution in [0.4, 0.5) is 0 Å². The van der Waals surface area contributed by atoms with E-state index in [1.165, 1.54) is 0 Å². The Morgan fingerprint density at radius 3 is 2.32 bits per heavy atom. The van der Waals surface area contributed by atoms with Crippen molar-refractivity contribution in [1.82, 2.24) is 20.3 Å². The Balaban J connectivity index is 1.39. The van der Waals surface area contributed by atoms with Crippen LogP contribution in [0.3, 0.4) is 0 Å². The van der Waals surface area contributed by atoms with Crippen LogP contribution in [0.15, 0.2) is 69.6 Å². The molecule has 2 N–H and O–H groups in total. The second-order valence-corrected chi connectivity index (χ2v) is 6.96. The topological polar surface area (TPSA) is 104 Å². The summed E-state index contributed by atoms with van der Waals surface area (Å²) in [5.41, 5.74) is 7.71. The molecule has 7 heteroatoms. The standard InChI is InChI=1S/C21H21N5O2/c1-21(22,14-15-8-4-2-5-9-15)20-25-24-18(27-20)13-12-17-23-19(26-28-17)16-10-6-3-7-11-16/h2-11H,12-14,22H2,1H3/t21-/m1/s1. The van der Waals surface area contributed by atoms with Gasteiger partial charge in [0.15, 0.2) is 0 Å². The maximum Gasteiger partial charge on any atom is 0.236 e. The lowest BCUT2D eigenvalue weighted by Gasteiger charge is -2.20. The molecule has 0 saturated carbocycles. The predicted molar refractivity (Wildman–Crippen MR) is 103 cm³/mol. The number of nitrogens with two attached hydrogens (primary N) is 1. The van der Waals surface area contributed by atoms with Crippen molar-refractivity contribution >= 4 is 0 Å². The minimum absolute atomic E-state index is 0.418. The van der Waals surface area contributed by atoms with Gasteiger partial charge in [-0.1, -0.05) is 65.8 Å². The van der Waals surface area contributed by atoms with Gasteiger partial charge in [-0.25, -0.2) is 0 Å². The molecule has 0 aliphatic heterocycles. The summed E-state index contributed by atoms with van der Waals surface area (Å²) in [6, 6.07) is 19.7. The molecular formula is C21H21N5O2. The van der Waals surface area contributed by atoms with Crippen LogP contribution < -0.4 is 5.73 Å². The van der Waals surface area contributed by atoms with E-state index in [2.05, 4.69) is 20.3 Å². The third-order valence-electron chi connectivity index (χ3n) is 4.42. The molecule has 0 radical (unpaired) electrons. The Morgan fingerprint density at radius 1 is 0.893 bits per heavy atom. The van der Waals surface area contributed by atoms with Crippen molar-refractivity contribution in [2.45, 2.75) is 31.7 Å². The quantitative estimate of drug-likeness (QED) is 0.528. The highest BCUT2D eigenvalue weighted by Gasteiger charge is 2.28. The predicted octanol–water partition coefficient (Wildman–Crippen LogP) is 3.32. The van der Waals surface area contributed by atoms with Crippen LogP contribution in [0.5, 0.6) is 0 Å². The minimum Gasteiger partial charge on any atom is -0.423 e. The molecule has 0 spiro atoms. The molecule has 0 amide bonds. The summed E-state index contributed by atoms with van der Waals surface area (Å²) in [6.45, 7) is 1.89. The highest BCUT2D eigenvalue weighted by Crippen LogP contribution is 2.22. The molecule has 2 heterocycles. The van der Waals surface area contributed by atoms with Crippen molar-refractivity contribution in [3.8, 4) is 11.4 Å². The number of nitrogens with zero attached hydrogens (tertiary/aromatic N) is 4. The molecule has 0 saturated heterocycles. The number of aryl methyl sites for hydroxylation is 2. The molecule has 7 nitrogen and oxygen atoms in total. The number of hydrogen-bond donors (Lipinski definition) is 1. The van der Waals surface area contributed by atoms with E-state index in [1.54, 1.807) is 0 Å². The molecular weight excluding hydrogens is 354 g/mol. The van der Waals surface area contributed by atoms with Crippen LogP contribution >= 0.6 is 0 Å². The number of hydrogen-bond acceptors (Lipinski definition) is 7. The fourth-order valence-electron chi connectivity index (χ4n) is 2.96. The summed E-state index contributed by atoms with van der Waals surface area (Å²) < 4.78 is 11.1. The van der Waals surface area contributed by atoms with Crippen LogP contribution in [-0.2, 0) is 24.8 Å². The zero-order chi connectivity index (χ0) is 19.4. The van der Waals surface area contributed by atoms with E-state index in [4.69, 9.17) is 14.7 Å². The Hall–Kier alpha value is -3.32. The summed E-state index contributed by atoms with van der Waals surface area (Å²) in [5, 5.41) is 12.3. The van der Waals surface area contributed by atoms with Crippen molar-refractivity contribution in [1.29, 1.82) is 0 Å². The molecule has 4 aromatic rings. The molecule has 0 fully saturated rings. The largest absolute Gasteiger partial charge is 0.423 e. The van der Waals surface area contributed by atoms with E-state index in [0.29, 0.717) is 42.8 Å². The number of benzene rings is 2. The van der Waals surface area contributed by atoms with Gasteiger partial charge in [-0.2, -0.15) is 4.98 Å². The zero-order valence-corrected chi connectivity index (χ0v) is 15.6. The zero-order valence-electron chi connectivity index (χ0n) is 15.6. The summed E-state index contributed by atoms with van der Waals surface area (Å²) >= 11 is 0. The number of aromatic nitrogens is 4. The molecule has 0 aliphatic rings. The van der Waals surface area contributed by atoms with Gasteiger partial charge in [0.25, 0.3) is 0 Å². The average molecular weight is 375 g/mol. The average Bonchev–Trinajstić information content (AvgIpc) is 3.38. The third-order valence-corrected chi connectivity index (χ3v) is 4.42. The smallest absolute Gasteiger partial charge is 0.236 e. The second kappa shape index (κ2) is 7.74. The molecule has 2 aromatic carbocycles. The second-order valence-electron chi connectivity index (χ2n) is 6.96. The van der Waals surface area contributed by atoms with Gasteiger partial charge >= 0.3 is 0 Å². The molecule has 0 unspecified atom stereocenters. The molecule has 28 heavy (non-hydrogen) atoms. The van der Waals surface area contributed by atoms with Crippen LogP contribution in [-0.4, -0.2) is 20.3 Å². The van der Waals surface area contributed by atoms with E-state index < -0.39 is 5.54 Å². The first kappa shape index (κ1) is 18.1. The normalized spacial score (nSPS) is 13.4. The van der Waals surface area contributed by atoms with Gasteiger partial charge in [0.05, 0.1) is 5.54 Å². The van der Waals surface area contributed by atoms with E-state index in [-0.39, 0.29) is 0 Å². The summed E-state index contributed by atoms with van der Waals surface area (Å²) in [5.74, 6) is 2.01. The van der Waals surface area contributed by atoms with Crippen molar-refractivity contribution < 1.29 is 8.94 Å². The Kier molecular flexibility index (Phi) is 4.99. The minimum atomic E-state index is -0.739. The van der Waals surface area contributed by atoms with E-state index in [9.17, 15) is 0 Å². The monoisotopic (exact) mass is 375 g/mol. The first-order valence-electron chi connectivity index (χ1n) is 9.14. The van der Waals surface area contributed by atoms with Gasteiger partial charge in [0.1, 0.15) is 0 Å². The lowest BCUT2D eigenvalue weighted by molar-refractivity contribution is 0.331. The van der Waals surface area contributed by atoms with Crippen molar-refractivity contribution in [3.05, 3.63) is 83.9 Å². The van der Waals surface area contributed by atoms with E-state index in [0.717, 1.165) is 11.1 Å². The van der Waals surface area contributed by atoms with Crippen LogP contribution in [0.1, 0.15) is 30.2 Å². The maximum absolute atomic E-state index is 6.42. The van der Waals surface area contributed by atoms with Gasteiger partial charge in [-0.05, 0) is 18.9 Å². The van der Waals surface area contributed by atoms with Crippen LogP contribution in [0, 0.1) is 0 Å². The molecule has 142 valence electrons.